The van der Waals surface area contributed by atoms with Crippen molar-refractivity contribution >= 4 is 12.0 Å². The minimum atomic E-state index is -4.51. The van der Waals surface area contributed by atoms with Crippen LogP contribution in [0.1, 0.15) is 11.1 Å². The summed E-state index contributed by atoms with van der Waals surface area (Å²) in [7, 11) is 0. The number of alkyl halides is 3. The molecule has 0 aliphatic rings. The third-order valence-corrected chi connectivity index (χ3v) is 1.72. The van der Waals surface area contributed by atoms with Gasteiger partial charge in [0.2, 0.25) is 0 Å². The summed E-state index contributed by atoms with van der Waals surface area (Å²) in [5, 5.41) is 0. The molecule has 2 nitrogen and oxygen atoms in total. The van der Waals surface area contributed by atoms with Gasteiger partial charge < -0.3 is 10.3 Å². The Balaban J connectivity index is 0.000000770. The van der Waals surface area contributed by atoms with Gasteiger partial charge in [0.15, 0.2) is 0 Å². The standard InChI is InChI=1S/C9H9F4N.CH4OS/c10-8-4-6(1-2-14)3-7(5-8)9(11,12)13;1-3-2/h3-5H,1-2,14H2;2H,1H3. The lowest BCUT2D eigenvalue weighted by atomic mass is 10.1. The van der Waals surface area contributed by atoms with Crippen LogP contribution in [-0.4, -0.2) is 17.4 Å². The lowest BCUT2D eigenvalue weighted by Crippen LogP contribution is -2.08. The van der Waals surface area contributed by atoms with Crippen molar-refractivity contribution in [2.75, 3.05) is 12.8 Å². The zero-order valence-electron chi connectivity index (χ0n) is 9.09. The largest absolute Gasteiger partial charge is 0.416 e. The first-order valence-corrected chi connectivity index (χ1v) is 5.77. The topological polar surface area (TPSA) is 46.2 Å². The molecule has 0 atom stereocenters. The van der Waals surface area contributed by atoms with Gasteiger partial charge in [0, 0.05) is 6.26 Å². The Labute approximate surface area is 101 Å². The van der Waals surface area contributed by atoms with E-state index in [0.717, 1.165) is 24.2 Å². The fourth-order valence-electron chi connectivity index (χ4n) is 1.13. The van der Waals surface area contributed by atoms with Gasteiger partial charge >= 0.3 is 6.18 Å². The summed E-state index contributed by atoms with van der Waals surface area (Å²) in [6.45, 7) is 0.195. The highest BCUT2D eigenvalue weighted by Gasteiger charge is 2.31. The SMILES string of the molecule is CSO.NCCc1cc(F)cc(C(F)(F)F)c1. The van der Waals surface area contributed by atoms with Gasteiger partial charge in [-0.25, -0.2) is 4.39 Å². The van der Waals surface area contributed by atoms with Crippen molar-refractivity contribution in [3.8, 4) is 0 Å². The number of hydrogen-bond donors (Lipinski definition) is 2. The number of rotatable bonds is 2. The molecule has 1 aromatic rings. The summed E-state index contributed by atoms with van der Waals surface area (Å²) in [6.07, 6.45) is -2.67. The molecule has 0 unspecified atom stereocenters. The first-order chi connectivity index (χ1) is 7.85. The minimum Gasteiger partial charge on any atom is -0.330 e. The second-order valence-corrected chi connectivity index (χ2v) is 3.43. The quantitative estimate of drug-likeness (QED) is 0.641. The van der Waals surface area contributed by atoms with E-state index in [2.05, 4.69) is 0 Å². The average Bonchev–Trinajstić information content (AvgIpc) is 2.17. The number of benzene rings is 1. The maximum atomic E-state index is 12.7. The first-order valence-electron chi connectivity index (χ1n) is 4.59. The van der Waals surface area contributed by atoms with Gasteiger partial charge in [0.05, 0.1) is 5.56 Å². The summed E-state index contributed by atoms with van der Waals surface area (Å²) in [4.78, 5) is 0. The Kier molecular flexibility index (Phi) is 7.17. The molecule has 0 bridgehead atoms. The molecule has 1 rings (SSSR count). The Bertz CT molecular complexity index is 344. The number of hydrogen-bond acceptors (Lipinski definition) is 3. The third kappa shape index (κ3) is 6.50. The van der Waals surface area contributed by atoms with Crippen molar-refractivity contribution in [2.45, 2.75) is 12.6 Å². The second kappa shape index (κ2) is 7.52. The zero-order chi connectivity index (χ0) is 13.5. The van der Waals surface area contributed by atoms with E-state index in [1.54, 1.807) is 6.26 Å². The monoisotopic (exact) mass is 271 g/mol. The van der Waals surface area contributed by atoms with Gasteiger partial charge in [0.25, 0.3) is 0 Å². The summed E-state index contributed by atoms with van der Waals surface area (Å²) in [6, 6.07) is 2.44. The fraction of sp³-hybridized carbons (Fsp3) is 0.400. The predicted molar refractivity (Wildman–Crippen MR) is 60.3 cm³/mol. The van der Waals surface area contributed by atoms with Crippen LogP contribution in [0.15, 0.2) is 18.2 Å². The summed E-state index contributed by atoms with van der Waals surface area (Å²) in [5.41, 5.74) is 4.46. The summed E-state index contributed by atoms with van der Waals surface area (Å²) < 4.78 is 56.8. The molecule has 0 amide bonds. The van der Waals surface area contributed by atoms with Gasteiger partial charge in [-0.3, -0.25) is 0 Å². The van der Waals surface area contributed by atoms with E-state index in [0.29, 0.717) is 6.07 Å². The maximum absolute atomic E-state index is 12.7. The van der Waals surface area contributed by atoms with Crippen LogP contribution < -0.4 is 5.73 Å². The molecule has 0 spiro atoms. The van der Waals surface area contributed by atoms with Crippen LogP contribution in [0.5, 0.6) is 0 Å². The van der Waals surface area contributed by atoms with Gasteiger partial charge in [-0.15, -0.1) is 0 Å². The van der Waals surface area contributed by atoms with E-state index in [9.17, 15) is 17.6 Å². The zero-order valence-corrected chi connectivity index (χ0v) is 9.91. The number of nitrogens with two attached hydrogens (primary N) is 1. The highest BCUT2D eigenvalue weighted by Crippen LogP contribution is 2.30. The van der Waals surface area contributed by atoms with Gasteiger partial charge in [0.1, 0.15) is 5.82 Å². The molecule has 0 fully saturated rings. The molecule has 7 heteroatoms. The van der Waals surface area contributed by atoms with E-state index < -0.39 is 17.6 Å². The van der Waals surface area contributed by atoms with Gasteiger partial charge in [-0.2, -0.15) is 13.2 Å². The number of halogens is 4. The van der Waals surface area contributed by atoms with Crippen molar-refractivity contribution in [3.05, 3.63) is 35.1 Å². The van der Waals surface area contributed by atoms with Crippen molar-refractivity contribution < 1.29 is 22.1 Å². The van der Waals surface area contributed by atoms with Crippen LogP contribution in [-0.2, 0) is 12.6 Å². The molecule has 98 valence electrons. The molecule has 3 N–H and O–H groups in total. The van der Waals surface area contributed by atoms with Crippen molar-refractivity contribution in [3.63, 3.8) is 0 Å². The van der Waals surface area contributed by atoms with Crippen LogP contribution in [0.3, 0.4) is 0 Å². The van der Waals surface area contributed by atoms with Crippen molar-refractivity contribution in [1.82, 2.24) is 0 Å². The van der Waals surface area contributed by atoms with Crippen molar-refractivity contribution in [1.29, 1.82) is 0 Å². The summed E-state index contributed by atoms with van der Waals surface area (Å²) >= 11 is 0.750. The van der Waals surface area contributed by atoms with E-state index in [4.69, 9.17) is 10.3 Å². The molecule has 0 heterocycles. The normalized spacial score (nSPS) is 10.8. The van der Waals surface area contributed by atoms with Gasteiger partial charge in [-0.05, 0) is 48.8 Å². The highest BCUT2D eigenvalue weighted by molar-refractivity contribution is 7.93. The molecule has 1 aromatic carbocycles. The van der Waals surface area contributed by atoms with Crippen LogP contribution >= 0.6 is 12.0 Å². The highest BCUT2D eigenvalue weighted by atomic mass is 32.2. The lowest BCUT2D eigenvalue weighted by molar-refractivity contribution is -0.137. The Morgan fingerprint density at radius 1 is 1.29 bits per heavy atom. The molecule has 0 saturated heterocycles. The van der Waals surface area contributed by atoms with Crippen LogP contribution in [0, 0.1) is 5.82 Å². The van der Waals surface area contributed by atoms with Crippen LogP contribution in [0.2, 0.25) is 0 Å². The molecule has 0 radical (unpaired) electrons. The van der Waals surface area contributed by atoms with E-state index in [1.807, 2.05) is 0 Å². The van der Waals surface area contributed by atoms with Crippen molar-refractivity contribution in [2.24, 2.45) is 5.73 Å². The molecule has 0 saturated carbocycles. The van der Waals surface area contributed by atoms with E-state index in [1.165, 1.54) is 0 Å². The Morgan fingerprint density at radius 3 is 2.24 bits per heavy atom. The Hall–Kier alpha value is -0.790. The third-order valence-electron chi connectivity index (χ3n) is 1.72. The van der Waals surface area contributed by atoms with Crippen LogP contribution in [0.4, 0.5) is 17.6 Å². The molecule has 0 aliphatic heterocycles. The summed E-state index contributed by atoms with van der Waals surface area (Å²) in [5.74, 6) is -0.886. The van der Waals surface area contributed by atoms with Crippen LogP contribution in [0.25, 0.3) is 0 Å². The fourth-order valence-corrected chi connectivity index (χ4v) is 1.13. The molecular formula is C10H13F4NOS. The molecule has 0 aliphatic carbocycles. The molecular weight excluding hydrogens is 258 g/mol. The lowest BCUT2D eigenvalue weighted by Gasteiger charge is -2.08. The van der Waals surface area contributed by atoms with E-state index >= 15 is 0 Å². The molecule has 17 heavy (non-hydrogen) atoms. The second-order valence-electron chi connectivity index (χ2n) is 3.07. The molecule has 0 aromatic heterocycles. The maximum Gasteiger partial charge on any atom is 0.416 e. The Morgan fingerprint density at radius 2 is 1.82 bits per heavy atom. The van der Waals surface area contributed by atoms with E-state index in [-0.39, 0.29) is 18.5 Å². The predicted octanol–water partition coefficient (Wildman–Crippen LogP) is 3.17. The van der Waals surface area contributed by atoms with Gasteiger partial charge in [-0.1, -0.05) is 0 Å². The average molecular weight is 271 g/mol. The first kappa shape index (κ1) is 16.2. The smallest absolute Gasteiger partial charge is 0.330 e. The minimum absolute atomic E-state index is 0.195.